The molecule has 0 aromatic carbocycles. The molecule has 8 nitrogen and oxygen atoms in total. The van der Waals surface area contributed by atoms with Crippen LogP contribution in [0.15, 0.2) is 36.8 Å². The summed E-state index contributed by atoms with van der Waals surface area (Å²) in [6, 6.07) is 4.53. The van der Waals surface area contributed by atoms with Crippen LogP contribution < -0.4 is 5.32 Å². The summed E-state index contributed by atoms with van der Waals surface area (Å²) in [5, 5.41) is 7.74. The first kappa shape index (κ1) is 25.6. The van der Waals surface area contributed by atoms with E-state index < -0.39 is 0 Å². The zero-order valence-electron chi connectivity index (χ0n) is 21.6. The molecule has 0 spiro atoms. The Balaban J connectivity index is 1.28. The van der Waals surface area contributed by atoms with Gasteiger partial charge in [0, 0.05) is 25.3 Å². The first-order valence-corrected chi connectivity index (χ1v) is 13.3. The highest BCUT2D eigenvalue weighted by atomic mass is 35.5. The van der Waals surface area contributed by atoms with E-state index in [-0.39, 0.29) is 5.91 Å². The molecule has 4 heterocycles. The molecule has 3 aromatic rings. The van der Waals surface area contributed by atoms with Gasteiger partial charge in [0.05, 0.1) is 48.2 Å². The van der Waals surface area contributed by atoms with Gasteiger partial charge in [-0.3, -0.25) is 14.7 Å². The van der Waals surface area contributed by atoms with Crippen LogP contribution in [0.5, 0.6) is 0 Å². The number of carbonyl (C=O) groups excluding carboxylic acids is 1. The van der Waals surface area contributed by atoms with E-state index in [4.69, 9.17) is 21.3 Å². The predicted octanol–water partition coefficient (Wildman–Crippen LogP) is 5.02. The van der Waals surface area contributed by atoms with Crippen molar-refractivity contribution in [1.29, 1.82) is 0 Å². The second-order valence-corrected chi connectivity index (χ2v) is 10.1. The SMILES string of the molecule is CCc1cnc(Cl)c(-n2ncc(C(=O)Nc3cnc(C4=CCC(N5CCOCC5)CC4)c(C)c3)c2C)c1. The summed E-state index contributed by atoms with van der Waals surface area (Å²) in [6.45, 7) is 9.66. The first-order valence-electron chi connectivity index (χ1n) is 12.9. The molecular weight excluding hydrogens is 488 g/mol. The van der Waals surface area contributed by atoms with Gasteiger partial charge in [0.1, 0.15) is 5.69 Å². The van der Waals surface area contributed by atoms with Gasteiger partial charge in [-0.15, -0.1) is 0 Å². The number of aromatic nitrogens is 4. The number of rotatable bonds is 6. The standard InChI is InChI=1S/C28H33ClN6O2/c1-4-20-14-25(27(29)31-15-20)35-19(3)24(17-32-35)28(36)33-22-13-18(2)26(30-16-22)21-5-7-23(8-6-21)34-9-11-37-12-10-34/h5,13-17,23H,4,6-12H2,1-3H3,(H,33,36). The van der Waals surface area contributed by atoms with Crippen LogP contribution in [-0.4, -0.2) is 62.9 Å². The van der Waals surface area contributed by atoms with Crippen molar-refractivity contribution in [2.24, 2.45) is 0 Å². The number of hydrogen-bond acceptors (Lipinski definition) is 6. The van der Waals surface area contributed by atoms with Gasteiger partial charge in [-0.1, -0.05) is 24.6 Å². The molecule has 1 amide bonds. The maximum absolute atomic E-state index is 13.1. The smallest absolute Gasteiger partial charge is 0.259 e. The molecule has 194 valence electrons. The minimum Gasteiger partial charge on any atom is -0.379 e. The lowest BCUT2D eigenvalue weighted by Gasteiger charge is -2.36. The number of carbonyl (C=O) groups is 1. The zero-order valence-corrected chi connectivity index (χ0v) is 22.4. The number of amides is 1. The average molecular weight is 521 g/mol. The lowest BCUT2D eigenvalue weighted by molar-refractivity contribution is 0.0150. The maximum atomic E-state index is 13.1. The van der Waals surface area contributed by atoms with Crippen molar-refractivity contribution in [3.8, 4) is 5.69 Å². The summed E-state index contributed by atoms with van der Waals surface area (Å²) in [7, 11) is 0. The van der Waals surface area contributed by atoms with Crippen molar-refractivity contribution in [1.82, 2.24) is 24.6 Å². The van der Waals surface area contributed by atoms with Crippen molar-refractivity contribution in [2.45, 2.75) is 52.5 Å². The van der Waals surface area contributed by atoms with Gasteiger partial charge in [0.2, 0.25) is 0 Å². The Morgan fingerprint density at radius 1 is 1.16 bits per heavy atom. The summed E-state index contributed by atoms with van der Waals surface area (Å²) in [5.74, 6) is -0.237. The van der Waals surface area contributed by atoms with Gasteiger partial charge in [0.25, 0.3) is 5.91 Å². The molecule has 5 rings (SSSR count). The number of hydrogen-bond donors (Lipinski definition) is 1. The molecular formula is C28H33ClN6O2. The van der Waals surface area contributed by atoms with Crippen LogP contribution in [0.2, 0.25) is 5.15 Å². The number of nitrogens with zero attached hydrogens (tertiary/aromatic N) is 5. The Morgan fingerprint density at radius 2 is 1.97 bits per heavy atom. The van der Waals surface area contributed by atoms with Crippen molar-refractivity contribution in [3.05, 3.63) is 70.0 Å². The molecule has 2 aliphatic rings. The second-order valence-electron chi connectivity index (χ2n) is 9.71. The third-order valence-corrected chi connectivity index (χ3v) is 7.64. The van der Waals surface area contributed by atoms with Gasteiger partial charge in [-0.2, -0.15) is 5.10 Å². The summed E-state index contributed by atoms with van der Waals surface area (Å²) in [4.78, 5) is 24.6. The molecule has 1 aliphatic carbocycles. The molecule has 1 saturated heterocycles. The highest BCUT2D eigenvalue weighted by molar-refractivity contribution is 6.31. The molecule has 1 N–H and O–H groups in total. The van der Waals surface area contributed by atoms with Crippen LogP contribution in [0.4, 0.5) is 5.69 Å². The summed E-state index contributed by atoms with van der Waals surface area (Å²) >= 11 is 6.33. The van der Waals surface area contributed by atoms with E-state index in [2.05, 4.69) is 33.3 Å². The Bertz CT molecular complexity index is 1330. The Labute approximate surface area is 222 Å². The van der Waals surface area contributed by atoms with Gasteiger partial charge < -0.3 is 10.1 Å². The van der Waals surface area contributed by atoms with Crippen molar-refractivity contribution in [3.63, 3.8) is 0 Å². The quantitative estimate of drug-likeness (QED) is 0.460. The molecule has 0 radical (unpaired) electrons. The van der Waals surface area contributed by atoms with E-state index in [0.29, 0.717) is 33.8 Å². The van der Waals surface area contributed by atoms with Crippen LogP contribution in [0.3, 0.4) is 0 Å². The van der Waals surface area contributed by atoms with Crippen LogP contribution >= 0.6 is 11.6 Å². The van der Waals surface area contributed by atoms with Crippen LogP contribution in [0, 0.1) is 13.8 Å². The number of morpholine rings is 1. The predicted molar refractivity (Wildman–Crippen MR) is 145 cm³/mol. The zero-order chi connectivity index (χ0) is 25.9. The third kappa shape index (κ3) is 5.46. The number of anilines is 1. The molecule has 0 saturated carbocycles. The second kappa shape index (κ2) is 11.1. The number of pyridine rings is 2. The molecule has 0 bridgehead atoms. The van der Waals surface area contributed by atoms with E-state index in [9.17, 15) is 4.79 Å². The van der Waals surface area contributed by atoms with E-state index in [1.54, 1.807) is 23.3 Å². The normalized spacial score (nSPS) is 18.5. The number of nitrogens with one attached hydrogen (secondary N) is 1. The van der Waals surface area contributed by atoms with Crippen molar-refractivity contribution < 1.29 is 9.53 Å². The van der Waals surface area contributed by atoms with E-state index in [1.807, 2.05) is 26.0 Å². The van der Waals surface area contributed by atoms with Gasteiger partial charge in [-0.05, 0) is 68.4 Å². The lowest BCUT2D eigenvalue weighted by Crippen LogP contribution is -2.43. The van der Waals surface area contributed by atoms with E-state index >= 15 is 0 Å². The Morgan fingerprint density at radius 3 is 2.68 bits per heavy atom. The molecule has 37 heavy (non-hydrogen) atoms. The van der Waals surface area contributed by atoms with Gasteiger partial charge >= 0.3 is 0 Å². The minimum absolute atomic E-state index is 0.237. The lowest BCUT2D eigenvalue weighted by atomic mass is 9.90. The maximum Gasteiger partial charge on any atom is 0.259 e. The van der Waals surface area contributed by atoms with E-state index in [1.165, 1.54) is 5.57 Å². The highest BCUT2D eigenvalue weighted by Gasteiger charge is 2.24. The minimum atomic E-state index is -0.237. The summed E-state index contributed by atoms with van der Waals surface area (Å²) in [6.07, 6.45) is 11.4. The highest BCUT2D eigenvalue weighted by Crippen LogP contribution is 2.31. The topological polar surface area (TPSA) is 85.2 Å². The van der Waals surface area contributed by atoms with E-state index in [0.717, 1.165) is 68.8 Å². The fourth-order valence-electron chi connectivity index (χ4n) is 5.18. The van der Waals surface area contributed by atoms with Gasteiger partial charge in [0.15, 0.2) is 5.15 Å². The van der Waals surface area contributed by atoms with Crippen molar-refractivity contribution in [2.75, 3.05) is 31.6 Å². The summed E-state index contributed by atoms with van der Waals surface area (Å²) in [5.41, 5.74) is 6.89. The van der Waals surface area contributed by atoms with Crippen LogP contribution in [0.1, 0.15) is 59.1 Å². The number of allylic oxidation sites excluding steroid dienone is 1. The molecule has 9 heteroatoms. The Hall–Kier alpha value is -3.07. The molecule has 3 aromatic heterocycles. The molecule has 1 fully saturated rings. The summed E-state index contributed by atoms with van der Waals surface area (Å²) < 4.78 is 7.16. The fourth-order valence-corrected chi connectivity index (χ4v) is 5.37. The fraction of sp³-hybridized carbons (Fsp3) is 0.429. The monoisotopic (exact) mass is 520 g/mol. The average Bonchev–Trinajstić information content (AvgIpc) is 3.31. The largest absolute Gasteiger partial charge is 0.379 e. The van der Waals surface area contributed by atoms with Gasteiger partial charge in [-0.25, -0.2) is 9.67 Å². The molecule has 1 unspecified atom stereocenters. The van der Waals surface area contributed by atoms with Crippen LogP contribution in [-0.2, 0) is 11.2 Å². The number of ether oxygens (including phenoxy) is 1. The Kier molecular flexibility index (Phi) is 7.69. The molecule has 1 atom stereocenters. The number of halogens is 1. The van der Waals surface area contributed by atoms with Crippen LogP contribution in [0.25, 0.3) is 11.3 Å². The number of aryl methyl sites for hydroxylation is 2. The molecule has 1 aliphatic heterocycles. The first-order chi connectivity index (χ1) is 17.9. The third-order valence-electron chi connectivity index (χ3n) is 7.35. The van der Waals surface area contributed by atoms with Crippen molar-refractivity contribution >= 4 is 28.8 Å².